The van der Waals surface area contributed by atoms with Crippen LogP contribution in [0.2, 0.25) is 0 Å². The van der Waals surface area contributed by atoms with Crippen molar-refractivity contribution < 1.29 is 0 Å². The van der Waals surface area contributed by atoms with Gasteiger partial charge in [0.2, 0.25) is 0 Å². The van der Waals surface area contributed by atoms with Crippen LogP contribution in [-0.2, 0) is 6.42 Å². The van der Waals surface area contributed by atoms with Crippen molar-refractivity contribution in [2.75, 3.05) is 0 Å². The highest BCUT2D eigenvalue weighted by molar-refractivity contribution is 7.27. The van der Waals surface area contributed by atoms with E-state index in [-0.39, 0.29) is 0 Å². The van der Waals surface area contributed by atoms with Crippen LogP contribution in [0.15, 0.2) is 213 Å². The third-order valence-electron chi connectivity index (χ3n) is 11.2. The number of hydrogen-bond donors (Lipinski definition) is 0. The van der Waals surface area contributed by atoms with Gasteiger partial charge in [-0.2, -0.15) is 0 Å². The second kappa shape index (κ2) is 16.4. The predicted molar refractivity (Wildman–Crippen MR) is 254 cm³/mol. The fourth-order valence-electron chi connectivity index (χ4n) is 8.01. The Morgan fingerprint density at radius 3 is 1.29 bits per heavy atom. The summed E-state index contributed by atoms with van der Waals surface area (Å²) in [7, 11) is 0. The van der Waals surface area contributed by atoms with Gasteiger partial charge in [0.25, 0.3) is 0 Å². The zero-order valence-electron chi connectivity index (χ0n) is 33.0. The Bertz CT molecular complexity index is 2920. The van der Waals surface area contributed by atoms with Crippen LogP contribution >= 0.6 is 11.3 Å². The van der Waals surface area contributed by atoms with Gasteiger partial charge in [-0.3, -0.25) is 0 Å². The third-order valence-corrected chi connectivity index (χ3v) is 12.5. The van der Waals surface area contributed by atoms with Gasteiger partial charge in [0, 0.05) is 31.3 Å². The van der Waals surface area contributed by atoms with Crippen molar-refractivity contribution >= 4 is 37.1 Å². The van der Waals surface area contributed by atoms with E-state index in [0.717, 1.165) is 6.42 Å². The Balaban J connectivity index is 1.26. The second-order valence-corrected chi connectivity index (χ2v) is 15.8. The fourth-order valence-corrected chi connectivity index (χ4v) is 9.34. The van der Waals surface area contributed by atoms with Crippen molar-refractivity contribution in [2.24, 2.45) is 0 Å². The van der Waals surface area contributed by atoms with Gasteiger partial charge in [-0.15, -0.1) is 11.3 Å². The van der Waals surface area contributed by atoms with E-state index in [1.54, 1.807) is 0 Å². The molecule has 0 bridgehead atoms. The standard InChI is InChI=1S/C57H44S/c1-4-7-14-40(6-3)43-23-27-46(28-24-43)51-36-53(49-33-31-45(32-34-49)42-17-12-9-13-18-42)57-55(38-51)54-37-50(47-29-25-44(26-30-47)41-15-10-8-11-16-41)35-52(56(54)58-57)48-21-19-39(5-2)20-22-48/h4,6-38H,1,5H2,2-3H3/b14-7-,40-6+. The summed E-state index contributed by atoms with van der Waals surface area (Å²) in [5.74, 6) is 0. The van der Waals surface area contributed by atoms with E-state index < -0.39 is 0 Å². The van der Waals surface area contributed by atoms with E-state index in [2.05, 4.69) is 215 Å². The van der Waals surface area contributed by atoms with Crippen molar-refractivity contribution in [3.63, 3.8) is 0 Å². The summed E-state index contributed by atoms with van der Waals surface area (Å²) in [6, 6.07) is 67.2. The van der Waals surface area contributed by atoms with Crippen LogP contribution in [0.5, 0.6) is 0 Å². The first-order chi connectivity index (χ1) is 28.6. The molecule has 9 aromatic rings. The van der Waals surface area contributed by atoms with E-state index in [9.17, 15) is 0 Å². The Labute approximate surface area is 346 Å². The molecule has 0 N–H and O–H groups in total. The summed E-state index contributed by atoms with van der Waals surface area (Å²) in [6.07, 6.45) is 9.10. The number of aryl methyl sites for hydroxylation is 1. The SMILES string of the molecule is C=C/C=C\C(=C/C)c1ccc(-c2cc(-c3ccc(-c4ccccc4)cc3)c3sc4c(-c5ccc(CC)cc5)cc(-c5ccc(-c6ccccc6)cc5)cc4c3c2)cc1. The van der Waals surface area contributed by atoms with Crippen LogP contribution < -0.4 is 0 Å². The van der Waals surface area contributed by atoms with Gasteiger partial charge in [-0.1, -0.05) is 196 Å². The maximum Gasteiger partial charge on any atom is 0.0434 e. The molecule has 58 heavy (non-hydrogen) atoms. The molecule has 0 aliphatic carbocycles. The average molecular weight is 761 g/mol. The van der Waals surface area contributed by atoms with Gasteiger partial charge in [-0.05, 0) is 110 Å². The largest absolute Gasteiger partial charge is 0.134 e. The smallest absolute Gasteiger partial charge is 0.0434 e. The van der Waals surface area contributed by atoms with E-state index in [1.807, 2.05) is 23.5 Å². The number of benzene rings is 8. The van der Waals surface area contributed by atoms with Gasteiger partial charge >= 0.3 is 0 Å². The predicted octanol–water partition coefficient (Wildman–Crippen LogP) is 16.8. The topological polar surface area (TPSA) is 0 Å². The lowest BCUT2D eigenvalue weighted by Crippen LogP contribution is -1.87. The van der Waals surface area contributed by atoms with Crippen molar-refractivity contribution in [2.45, 2.75) is 20.3 Å². The molecule has 0 spiro atoms. The van der Waals surface area contributed by atoms with E-state index in [0.29, 0.717) is 0 Å². The van der Waals surface area contributed by atoms with Crippen LogP contribution in [0.4, 0.5) is 0 Å². The van der Waals surface area contributed by atoms with E-state index in [1.165, 1.54) is 104 Å². The summed E-state index contributed by atoms with van der Waals surface area (Å²) in [4.78, 5) is 0. The normalized spacial score (nSPS) is 11.8. The molecule has 0 aliphatic heterocycles. The molecule has 0 unspecified atom stereocenters. The lowest BCUT2D eigenvalue weighted by atomic mass is 9.92. The van der Waals surface area contributed by atoms with Crippen molar-refractivity contribution in [3.8, 4) is 66.8 Å². The summed E-state index contributed by atoms with van der Waals surface area (Å²) in [5, 5.41) is 2.56. The third kappa shape index (κ3) is 7.29. The molecule has 0 saturated carbocycles. The van der Waals surface area contributed by atoms with Gasteiger partial charge < -0.3 is 0 Å². The van der Waals surface area contributed by atoms with E-state index >= 15 is 0 Å². The molecule has 0 radical (unpaired) electrons. The lowest BCUT2D eigenvalue weighted by molar-refractivity contribution is 1.14. The van der Waals surface area contributed by atoms with Gasteiger partial charge in [0.15, 0.2) is 0 Å². The zero-order valence-corrected chi connectivity index (χ0v) is 33.8. The summed E-state index contributed by atoms with van der Waals surface area (Å²) >= 11 is 1.92. The van der Waals surface area contributed by atoms with Crippen molar-refractivity contribution in [3.05, 3.63) is 224 Å². The first kappa shape index (κ1) is 36.8. The van der Waals surface area contributed by atoms with Crippen molar-refractivity contribution in [1.82, 2.24) is 0 Å². The number of thiophene rings is 1. The Hall–Kier alpha value is -6.80. The average Bonchev–Trinajstić information content (AvgIpc) is 3.68. The van der Waals surface area contributed by atoms with Crippen molar-refractivity contribution in [1.29, 1.82) is 0 Å². The summed E-state index contributed by atoms with van der Waals surface area (Å²) < 4.78 is 2.61. The number of allylic oxidation sites excluding steroid dienone is 5. The Morgan fingerprint density at radius 2 is 0.862 bits per heavy atom. The molecule has 0 atom stereocenters. The van der Waals surface area contributed by atoms with Crippen LogP contribution in [0, 0.1) is 0 Å². The Kier molecular flexibility index (Phi) is 10.4. The van der Waals surface area contributed by atoms with Crippen LogP contribution in [0.1, 0.15) is 25.0 Å². The molecule has 8 aromatic carbocycles. The number of hydrogen-bond acceptors (Lipinski definition) is 1. The quantitative estimate of drug-likeness (QED) is 0.122. The first-order valence-corrected chi connectivity index (χ1v) is 20.9. The fraction of sp³-hybridized carbons (Fsp3) is 0.0526. The highest BCUT2D eigenvalue weighted by Crippen LogP contribution is 2.48. The number of fused-ring (bicyclic) bond motifs is 3. The maximum atomic E-state index is 3.86. The molecular weight excluding hydrogens is 717 g/mol. The molecule has 0 nitrogen and oxygen atoms in total. The first-order valence-electron chi connectivity index (χ1n) is 20.1. The molecule has 1 aromatic heterocycles. The number of rotatable bonds is 10. The minimum Gasteiger partial charge on any atom is -0.134 e. The summed E-state index contributed by atoms with van der Waals surface area (Å²) in [6.45, 7) is 8.17. The minimum atomic E-state index is 1.02. The second-order valence-electron chi connectivity index (χ2n) is 14.8. The molecule has 0 aliphatic rings. The van der Waals surface area contributed by atoms with Gasteiger partial charge in [0.1, 0.15) is 0 Å². The zero-order chi connectivity index (χ0) is 39.4. The monoisotopic (exact) mass is 760 g/mol. The molecule has 278 valence electrons. The van der Waals surface area contributed by atoms with Crippen LogP contribution in [-0.4, -0.2) is 0 Å². The van der Waals surface area contributed by atoms with Crippen LogP contribution in [0.3, 0.4) is 0 Å². The molecular formula is C57H44S. The van der Waals surface area contributed by atoms with Gasteiger partial charge in [-0.25, -0.2) is 0 Å². The lowest BCUT2D eigenvalue weighted by Gasteiger charge is -2.12. The molecule has 0 saturated heterocycles. The molecule has 0 fully saturated rings. The minimum absolute atomic E-state index is 1.02. The molecule has 0 amide bonds. The molecule has 1 heterocycles. The maximum absolute atomic E-state index is 3.86. The van der Waals surface area contributed by atoms with Crippen LogP contribution in [0.25, 0.3) is 92.5 Å². The molecule has 1 heteroatoms. The Morgan fingerprint density at radius 1 is 0.466 bits per heavy atom. The van der Waals surface area contributed by atoms with Gasteiger partial charge in [0.05, 0.1) is 0 Å². The molecule has 9 rings (SSSR count). The highest BCUT2D eigenvalue weighted by atomic mass is 32.1. The highest BCUT2D eigenvalue weighted by Gasteiger charge is 2.19. The van der Waals surface area contributed by atoms with E-state index in [4.69, 9.17) is 0 Å². The summed E-state index contributed by atoms with van der Waals surface area (Å²) in [5.41, 5.74) is 18.4.